The fourth-order valence-electron chi connectivity index (χ4n) is 5.39. The molecule has 1 aliphatic heterocycles. The minimum absolute atomic E-state index is 0.00914. The molecule has 0 saturated carbocycles. The molecule has 3 nitrogen and oxygen atoms in total. The SMILES string of the molecule is CCC1B(C#N)C(=O)C2C=CC(c3ccc(OC)cc3Cl)C(c3ccc(Cl)cc3)C12. The molecule has 1 aliphatic carbocycles. The summed E-state index contributed by atoms with van der Waals surface area (Å²) in [5.41, 5.74) is 2.15. The predicted octanol–water partition coefficient (Wildman–Crippen LogP) is 6.13. The highest BCUT2D eigenvalue weighted by molar-refractivity contribution is 6.98. The van der Waals surface area contributed by atoms with Crippen molar-refractivity contribution in [2.75, 3.05) is 7.11 Å². The van der Waals surface area contributed by atoms with E-state index < -0.39 is 6.71 Å². The van der Waals surface area contributed by atoms with Gasteiger partial charge in [0.05, 0.1) is 7.11 Å². The van der Waals surface area contributed by atoms with E-state index in [2.05, 4.69) is 19.0 Å². The van der Waals surface area contributed by atoms with Crippen LogP contribution >= 0.6 is 23.2 Å². The van der Waals surface area contributed by atoms with Gasteiger partial charge in [-0.25, -0.2) is 5.26 Å². The van der Waals surface area contributed by atoms with E-state index in [1.165, 1.54) is 0 Å². The molecule has 5 atom stereocenters. The molecule has 0 N–H and O–H groups in total. The van der Waals surface area contributed by atoms with Crippen LogP contribution in [-0.2, 0) is 4.79 Å². The highest BCUT2D eigenvalue weighted by Crippen LogP contribution is 2.57. The standard InChI is InChI=1S/C24H22BCl2NO2/c1-3-20-23-19(24(29)25(20)13-28)11-10-18(17-9-8-16(30-2)12-21(17)27)22(23)14-4-6-15(26)7-5-14/h4-12,18-20,22-23H,3H2,1-2H3. The Bertz CT molecular complexity index is 1030. The second-order valence-electron chi connectivity index (χ2n) is 8.06. The summed E-state index contributed by atoms with van der Waals surface area (Å²) in [5.74, 6) is 2.82. The van der Waals surface area contributed by atoms with E-state index in [1.54, 1.807) is 7.11 Å². The van der Waals surface area contributed by atoms with Crippen molar-refractivity contribution in [2.45, 2.75) is 31.0 Å². The van der Waals surface area contributed by atoms with Gasteiger partial charge in [-0.3, -0.25) is 0 Å². The summed E-state index contributed by atoms with van der Waals surface area (Å²) in [4.78, 5) is 13.0. The number of nitriles is 1. The Balaban J connectivity index is 1.87. The Hall–Kier alpha value is -2.22. The molecule has 6 heteroatoms. The van der Waals surface area contributed by atoms with Crippen molar-refractivity contribution in [3.63, 3.8) is 0 Å². The molecule has 1 saturated heterocycles. The zero-order valence-electron chi connectivity index (χ0n) is 16.9. The lowest BCUT2D eigenvalue weighted by Gasteiger charge is -2.40. The maximum Gasteiger partial charge on any atom is 0.348 e. The largest absolute Gasteiger partial charge is 0.497 e. The Labute approximate surface area is 187 Å². The summed E-state index contributed by atoms with van der Waals surface area (Å²) in [6.45, 7) is 1.51. The summed E-state index contributed by atoms with van der Waals surface area (Å²) in [6.07, 6.45) is 4.88. The average molecular weight is 438 g/mol. The highest BCUT2D eigenvalue weighted by Gasteiger charge is 2.56. The number of allylic oxidation sites excluding steroid dienone is 2. The smallest absolute Gasteiger partial charge is 0.348 e. The lowest BCUT2D eigenvalue weighted by Crippen LogP contribution is -2.29. The number of halogens is 2. The third-order valence-corrected chi connectivity index (χ3v) is 7.31. The van der Waals surface area contributed by atoms with Crippen LogP contribution in [0.2, 0.25) is 15.9 Å². The molecular formula is C24H22BCl2NO2. The Kier molecular flexibility index (Phi) is 5.96. The minimum Gasteiger partial charge on any atom is -0.497 e. The molecule has 5 unspecified atom stereocenters. The predicted molar refractivity (Wildman–Crippen MR) is 121 cm³/mol. The van der Waals surface area contributed by atoms with Crippen molar-refractivity contribution in [3.05, 3.63) is 75.8 Å². The van der Waals surface area contributed by atoms with Gasteiger partial charge in [-0.2, -0.15) is 0 Å². The number of fused-ring (bicyclic) bond motifs is 1. The third kappa shape index (κ3) is 3.45. The summed E-state index contributed by atoms with van der Waals surface area (Å²) in [7, 11) is 1.62. The van der Waals surface area contributed by atoms with Crippen LogP contribution in [0.4, 0.5) is 0 Å². The van der Waals surface area contributed by atoms with Gasteiger partial charge in [0.15, 0.2) is 0 Å². The number of rotatable bonds is 4. The number of methoxy groups -OCH3 is 1. The van der Waals surface area contributed by atoms with Gasteiger partial charge in [-0.05, 0) is 53.0 Å². The van der Waals surface area contributed by atoms with Gasteiger partial charge in [0.1, 0.15) is 11.4 Å². The quantitative estimate of drug-likeness (QED) is 0.426. The first kappa shape index (κ1) is 21.0. The topological polar surface area (TPSA) is 50.1 Å². The minimum atomic E-state index is -0.561. The van der Waals surface area contributed by atoms with E-state index in [9.17, 15) is 10.1 Å². The number of carbonyl (C=O) groups excluding carboxylic acids is 1. The fraction of sp³-hybridized carbons (Fsp3) is 0.333. The molecule has 1 fully saturated rings. The van der Waals surface area contributed by atoms with E-state index in [-0.39, 0.29) is 35.2 Å². The van der Waals surface area contributed by atoms with Crippen molar-refractivity contribution >= 4 is 35.6 Å². The van der Waals surface area contributed by atoms with Crippen LogP contribution in [0.5, 0.6) is 5.75 Å². The Morgan fingerprint density at radius 2 is 1.80 bits per heavy atom. The molecule has 0 radical (unpaired) electrons. The summed E-state index contributed by atoms with van der Waals surface area (Å²) in [5, 5.41) is 11.0. The average Bonchev–Trinajstić information content (AvgIpc) is 3.04. The number of ether oxygens (including phenoxy) is 1. The maximum atomic E-state index is 13.0. The van der Waals surface area contributed by atoms with Crippen LogP contribution in [0.15, 0.2) is 54.6 Å². The number of nitrogens with zero attached hydrogens (tertiary/aromatic N) is 1. The van der Waals surface area contributed by atoms with Crippen LogP contribution < -0.4 is 4.74 Å². The van der Waals surface area contributed by atoms with Crippen LogP contribution in [-0.4, -0.2) is 19.5 Å². The van der Waals surface area contributed by atoms with Crippen molar-refractivity contribution in [1.29, 1.82) is 5.26 Å². The molecule has 0 aromatic heterocycles. The van der Waals surface area contributed by atoms with E-state index in [1.807, 2.05) is 48.5 Å². The lowest BCUT2D eigenvalue weighted by atomic mass is 9.41. The second kappa shape index (κ2) is 8.50. The molecule has 2 aliphatic rings. The monoisotopic (exact) mass is 437 g/mol. The van der Waals surface area contributed by atoms with Gasteiger partial charge in [0.25, 0.3) is 0 Å². The van der Waals surface area contributed by atoms with E-state index in [0.29, 0.717) is 15.8 Å². The number of benzene rings is 2. The van der Waals surface area contributed by atoms with Gasteiger partial charge in [0.2, 0.25) is 0 Å². The van der Waals surface area contributed by atoms with Crippen LogP contribution in [0.3, 0.4) is 0 Å². The number of carbonyl (C=O) groups is 1. The molecule has 4 rings (SSSR count). The van der Waals surface area contributed by atoms with Crippen molar-refractivity contribution in [3.8, 4) is 11.7 Å². The molecular weight excluding hydrogens is 416 g/mol. The molecule has 1 heterocycles. The molecule has 152 valence electrons. The van der Waals surface area contributed by atoms with Crippen molar-refractivity contribution < 1.29 is 9.53 Å². The molecule has 0 bridgehead atoms. The van der Waals surface area contributed by atoms with Crippen molar-refractivity contribution in [1.82, 2.24) is 0 Å². The van der Waals surface area contributed by atoms with Gasteiger partial charge < -0.3 is 9.53 Å². The summed E-state index contributed by atoms with van der Waals surface area (Å²) in [6, 6.07) is 13.6. The Morgan fingerprint density at radius 3 is 2.40 bits per heavy atom. The zero-order valence-corrected chi connectivity index (χ0v) is 18.4. The Morgan fingerprint density at radius 1 is 1.10 bits per heavy atom. The van der Waals surface area contributed by atoms with Gasteiger partial charge in [0, 0.05) is 27.8 Å². The highest BCUT2D eigenvalue weighted by atomic mass is 35.5. The second-order valence-corrected chi connectivity index (χ2v) is 8.90. The molecule has 2 aromatic rings. The third-order valence-electron chi connectivity index (χ3n) is 6.73. The molecule has 0 spiro atoms. The fourth-order valence-corrected chi connectivity index (χ4v) is 5.81. The van der Waals surface area contributed by atoms with E-state index >= 15 is 0 Å². The first-order valence-corrected chi connectivity index (χ1v) is 11.0. The maximum absolute atomic E-state index is 13.0. The van der Waals surface area contributed by atoms with Gasteiger partial charge in [-0.1, -0.05) is 66.9 Å². The number of hydrogen-bond donors (Lipinski definition) is 0. The molecule has 30 heavy (non-hydrogen) atoms. The molecule has 2 aromatic carbocycles. The van der Waals surface area contributed by atoms with Crippen LogP contribution in [0, 0.1) is 23.1 Å². The summed E-state index contributed by atoms with van der Waals surface area (Å²) >= 11 is 12.8. The van der Waals surface area contributed by atoms with Crippen LogP contribution in [0.25, 0.3) is 0 Å². The van der Waals surface area contributed by atoms with Gasteiger partial charge >= 0.3 is 6.71 Å². The first-order valence-electron chi connectivity index (χ1n) is 10.2. The number of hydrogen-bond acceptors (Lipinski definition) is 3. The van der Waals surface area contributed by atoms with Crippen molar-refractivity contribution in [2.24, 2.45) is 11.8 Å². The molecule has 0 amide bonds. The summed E-state index contributed by atoms with van der Waals surface area (Å²) < 4.78 is 5.31. The van der Waals surface area contributed by atoms with Crippen LogP contribution in [0.1, 0.15) is 36.3 Å². The first-order chi connectivity index (χ1) is 14.5. The van der Waals surface area contributed by atoms with E-state index in [0.717, 1.165) is 17.5 Å². The normalized spacial score (nSPS) is 27.6. The lowest BCUT2D eigenvalue weighted by molar-refractivity contribution is -0.114. The zero-order chi connectivity index (χ0) is 21.4. The van der Waals surface area contributed by atoms with E-state index in [4.69, 9.17) is 27.9 Å². The van der Waals surface area contributed by atoms with Gasteiger partial charge in [-0.15, -0.1) is 0 Å².